The topological polar surface area (TPSA) is 51.8 Å². The molecule has 0 saturated carbocycles. The number of rotatable bonds is 2. The van der Waals surface area contributed by atoms with Crippen molar-refractivity contribution in [2.75, 3.05) is 7.11 Å². The van der Waals surface area contributed by atoms with Crippen molar-refractivity contribution in [2.24, 2.45) is 5.92 Å². The van der Waals surface area contributed by atoms with Crippen LogP contribution in [0.25, 0.3) is 0 Å². The van der Waals surface area contributed by atoms with Crippen molar-refractivity contribution in [3.63, 3.8) is 0 Å². The van der Waals surface area contributed by atoms with E-state index < -0.39 is 6.10 Å². The molecule has 0 unspecified atom stereocenters. The minimum Gasteiger partial charge on any atom is -0.467 e. The summed E-state index contributed by atoms with van der Waals surface area (Å²) in [5, 5.41) is 9.85. The summed E-state index contributed by atoms with van der Waals surface area (Å²) in [5.74, 6) is 0.755. The molecule has 1 N–H and O–H groups in total. The van der Waals surface area contributed by atoms with Crippen LogP contribution < -0.4 is 0 Å². The van der Waals surface area contributed by atoms with Crippen molar-refractivity contribution in [1.29, 1.82) is 0 Å². The van der Waals surface area contributed by atoms with Gasteiger partial charge in [-0.2, -0.15) is 0 Å². The highest BCUT2D eigenvalue weighted by molar-refractivity contribution is 5.05. The summed E-state index contributed by atoms with van der Waals surface area (Å²) in [6.07, 6.45) is 1.11. The first-order chi connectivity index (χ1) is 7.22. The van der Waals surface area contributed by atoms with Gasteiger partial charge in [0.2, 0.25) is 0 Å². The van der Waals surface area contributed by atoms with E-state index in [1.54, 1.807) is 13.4 Å². The molecule has 84 valence electrons. The van der Waals surface area contributed by atoms with E-state index in [9.17, 15) is 5.11 Å². The molecule has 0 bridgehead atoms. The number of hydrogen-bond acceptors (Lipinski definition) is 4. The van der Waals surface area contributed by atoms with Crippen LogP contribution in [0.3, 0.4) is 0 Å². The lowest BCUT2D eigenvalue weighted by Crippen LogP contribution is -2.38. The fourth-order valence-electron chi connectivity index (χ4n) is 1.89. The highest BCUT2D eigenvalue weighted by atomic mass is 16.7. The van der Waals surface area contributed by atoms with Gasteiger partial charge in [0.1, 0.15) is 11.9 Å². The highest BCUT2D eigenvalue weighted by Gasteiger charge is 2.37. The van der Waals surface area contributed by atoms with Crippen LogP contribution in [0.15, 0.2) is 22.8 Å². The Labute approximate surface area is 88.8 Å². The van der Waals surface area contributed by atoms with Crippen molar-refractivity contribution in [3.8, 4) is 0 Å². The minimum atomic E-state index is -0.418. The molecular weight excluding hydrogens is 196 g/mol. The maximum absolute atomic E-state index is 9.85. The van der Waals surface area contributed by atoms with Gasteiger partial charge in [0, 0.05) is 19.4 Å². The van der Waals surface area contributed by atoms with E-state index in [0.717, 1.165) is 5.76 Å². The summed E-state index contributed by atoms with van der Waals surface area (Å²) in [7, 11) is 1.58. The standard InChI is InChI=1S/C11H16O4/c1-7-8(12)6-10(13-2)15-11(7)9-4-3-5-14-9/h3-5,7-8,10-12H,6H2,1-2H3/t7-,8-,10-,11+/m1/s1. The summed E-state index contributed by atoms with van der Waals surface area (Å²) in [5.41, 5.74) is 0. The molecule has 4 atom stereocenters. The summed E-state index contributed by atoms with van der Waals surface area (Å²) in [6, 6.07) is 3.67. The third-order valence-electron chi connectivity index (χ3n) is 2.90. The summed E-state index contributed by atoms with van der Waals surface area (Å²) in [6.45, 7) is 1.95. The summed E-state index contributed by atoms with van der Waals surface area (Å²) in [4.78, 5) is 0. The molecule has 0 radical (unpaired) electrons. The lowest BCUT2D eigenvalue weighted by molar-refractivity contribution is -0.230. The Morgan fingerprint density at radius 2 is 2.33 bits per heavy atom. The van der Waals surface area contributed by atoms with Crippen LogP contribution in [0.5, 0.6) is 0 Å². The van der Waals surface area contributed by atoms with Gasteiger partial charge in [0.05, 0.1) is 12.4 Å². The summed E-state index contributed by atoms with van der Waals surface area (Å²) >= 11 is 0. The van der Waals surface area contributed by atoms with Gasteiger partial charge < -0.3 is 19.0 Å². The number of methoxy groups -OCH3 is 1. The predicted molar refractivity (Wildman–Crippen MR) is 53.1 cm³/mol. The molecule has 0 spiro atoms. The van der Waals surface area contributed by atoms with Crippen molar-refractivity contribution in [1.82, 2.24) is 0 Å². The molecule has 15 heavy (non-hydrogen) atoms. The van der Waals surface area contributed by atoms with Crippen molar-refractivity contribution < 1.29 is 19.0 Å². The first-order valence-corrected chi connectivity index (χ1v) is 5.12. The van der Waals surface area contributed by atoms with Gasteiger partial charge in [-0.15, -0.1) is 0 Å². The van der Waals surface area contributed by atoms with Crippen molar-refractivity contribution in [2.45, 2.75) is 31.8 Å². The molecule has 1 fully saturated rings. The molecule has 2 heterocycles. The molecule has 2 rings (SSSR count). The lowest BCUT2D eigenvalue weighted by atomic mass is 9.91. The largest absolute Gasteiger partial charge is 0.467 e. The zero-order valence-electron chi connectivity index (χ0n) is 8.92. The lowest BCUT2D eigenvalue weighted by Gasteiger charge is -2.36. The average Bonchev–Trinajstić information content (AvgIpc) is 2.75. The van der Waals surface area contributed by atoms with Gasteiger partial charge >= 0.3 is 0 Å². The molecule has 4 heteroatoms. The summed E-state index contributed by atoms with van der Waals surface area (Å²) < 4.78 is 16.1. The van der Waals surface area contributed by atoms with Crippen LogP contribution in [-0.2, 0) is 9.47 Å². The van der Waals surface area contributed by atoms with Gasteiger partial charge in [0.15, 0.2) is 6.29 Å². The van der Waals surface area contributed by atoms with E-state index >= 15 is 0 Å². The molecule has 0 aliphatic carbocycles. The second-order valence-electron chi connectivity index (χ2n) is 3.90. The molecule has 1 aliphatic heterocycles. The highest BCUT2D eigenvalue weighted by Crippen LogP contribution is 2.36. The van der Waals surface area contributed by atoms with Crippen molar-refractivity contribution in [3.05, 3.63) is 24.2 Å². The maximum Gasteiger partial charge on any atom is 0.160 e. The van der Waals surface area contributed by atoms with Gasteiger partial charge in [-0.25, -0.2) is 0 Å². The van der Waals surface area contributed by atoms with E-state index in [4.69, 9.17) is 13.9 Å². The first kappa shape index (κ1) is 10.7. The zero-order valence-corrected chi connectivity index (χ0v) is 8.92. The quantitative estimate of drug-likeness (QED) is 0.810. The SMILES string of the molecule is CO[C@H]1C[C@@H](O)[C@@H](C)[C@@H](c2ccco2)O1. The van der Waals surface area contributed by atoms with Crippen molar-refractivity contribution >= 4 is 0 Å². The van der Waals surface area contributed by atoms with Gasteiger partial charge in [0.25, 0.3) is 0 Å². The molecule has 1 saturated heterocycles. The maximum atomic E-state index is 9.85. The second kappa shape index (κ2) is 4.35. The van der Waals surface area contributed by atoms with Crippen LogP contribution in [0, 0.1) is 5.92 Å². The van der Waals surface area contributed by atoms with Crippen LogP contribution in [-0.4, -0.2) is 24.6 Å². The number of hydrogen-bond donors (Lipinski definition) is 1. The third kappa shape index (κ3) is 2.07. The number of aliphatic hydroxyl groups is 1. The van der Waals surface area contributed by atoms with E-state index in [0.29, 0.717) is 6.42 Å². The molecule has 0 aromatic carbocycles. The fourth-order valence-corrected chi connectivity index (χ4v) is 1.89. The number of furan rings is 1. The number of aliphatic hydroxyl groups excluding tert-OH is 1. The van der Waals surface area contributed by atoms with Crippen LogP contribution >= 0.6 is 0 Å². The number of ether oxygens (including phenoxy) is 2. The normalized spacial score (nSPS) is 36.7. The third-order valence-corrected chi connectivity index (χ3v) is 2.90. The first-order valence-electron chi connectivity index (χ1n) is 5.12. The molecule has 0 amide bonds. The van der Waals surface area contributed by atoms with Crippen LogP contribution in [0.4, 0.5) is 0 Å². The smallest absolute Gasteiger partial charge is 0.160 e. The van der Waals surface area contributed by atoms with Gasteiger partial charge in [-0.1, -0.05) is 6.92 Å². The minimum absolute atomic E-state index is 0.0162. The molecular formula is C11H16O4. The van der Waals surface area contributed by atoms with Crippen LogP contribution in [0.2, 0.25) is 0 Å². The second-order valence-corrected chi connectivity index (χ2v) is 3.90. The Morgan fingerprint density at radius 3 is 2.93 bits per heavy atom. The van der Waals surface area contributed by atoms with E-state index in [1.165, 1.54) is 0 Å². The Balaban J connectivity index is 2.15. The van der Waals surface area contributed by atoms with E-state index in [1.807, 2.05) is 19.1 Å². The molecule has 1 aromatic rings. The molecule has 1 aliphatic rings. The van der Waals surface area contributed by atoms with E-state index in [-0.39, 0.29) is 18.3 Å². The molecule has 4 nitrogen and oxygen atoms in total. The van der Waals surface area contributed by atoms with Gasteiger partial charge in [-0.05, 0) is 12.1 Å². The zero-order chi connectivity index (χ0) is 10.8. The van der Waals surface area contributed by atoms with Crippen LogP contribution in [0.1, 0.15) is 25.2 Å². The Kier molecular flexibility index (Phi) is 3.09. The monoisotopic (exact) mass is 212 g/mol. The van der Waals surface area contributed by atoms with Gasteiger partial charge in [-0.3, -0.25) is 0 Å². The Bertz CT molecular complexity index is 296. The molecule has 1 aromatic heterocycles. The average molecular weight is 212 g/mol. The Morgan fingerprint density at radius 1 is 1.53 bits per heavy atom. The fraction of sp³-hybridized carbons (Fsp3) is 0.636. The predicted octanol–water partition coefficient (Wildman–Crippen LogP) is 1.71. The van der Waals surface area contributed by atoms with E-state index in [2.05, 4.69) is 0 Å². The Hall–Kier alpha value is -0.840.